The summed E-state index contributed by atoms with van der Waals surface area (Å²) in [5.41, 5.74) is 13.1. The van der Waals surface area contributed by atoms with E-state index in [1.54, 1.807) is 0 Å². The minimum atomic E-state index is 1.11. The lowest BCUT2D eigenvalue weighted by molar-refractivity contribution is 1.30. The normalized spacial score (nSPS) is 11.3. The van der Waals surface area contributed by atoms with Crippen LogP contribution in [0.3, 0.4) is 0 Å². The monoisotopic (exact) mass is 705 g/mol. The van der Waals surface area contributed by atoms with Crippen LogP contribution in [0.1, 0.15) is 0 Å². The van der Waals surface area contributed by atoms with E-state index in [4.69, 9.17) is 0 Å². The average molecular weight is 706 g/mol. The summed E-state index contributed by atoms with van der Waals surface area (Å²) < 4.78 is 2.62. The molecule has 2 heteroatoms. The van der Waals surface area contributed by atoms with Crippen molar-refractivity contribution >= 4 is 59.3 Å². The summed E-state index contributed by atoms with van der Waals surface area (Å²) in [7, 11) is 0. The lowest BCUT2D eigenvalue weighted by Gasteiger charge is -2.28. The minimum absolute atomic E-state index is 1.11. The van der Waals surface area contributed by atoms with Crippen molar-refractivity contribution in [3.63, 3.8) is 0 Å². The first-order chi connectivity index (χ1) is 26.8. The number of thiophene rings is 1. The van der Waals surface area contributed by atoms with Crippen LogP contribution in [0.5, 0.6) is 0 Å². The Morgan fingerprint density at radius 1 is 0.315 bits per heavy atom. The maximum Gasteiger partial charge on any atom is 0.0547 e. The zero-order valence-electron chi connectivity index (χ0n) is 29.6. The van der Waals surface area contributed by atoms with Crippen molar-refractivity contribution in [2.75, 3.05) is 4.90 Å². The second kappa shape index (κ2) is 13.7. The van der Waals surface area contributed by atoms with Crippen molar-refractivity contribution in [2.24, 2.45) is 0 Å². The lowest BCUT2D eigenvalue weighted by atomic mass is 9.96. The fourth-order valence-corrected chi connectivity index (χ4v) is 9.07. The van der Waals surface area contributed by atoms with Crippen molar-refractivity contribution in [3.05, 3.63) is 212 Å². The van der Waals surface area contributed by atoms with E-state index in [-0.39, 0.29) is 0 Å². The maximum atomic E-state index is 2.44. The average Bonchev–Trinajstić information content (AvgIpc) is 3.64. The molecule has 0 aliphatic carbocycles. The molecule has 9 aromatic carbocycles. The van der Waals surface area contributed by atoms with Crippen LogP contribution in [-0.4, -0.2) is 0 Å². The highest BCUT2D eigenvalue weighted by Crippen LogP contribution is 2.48. The van der Waals surface area contributed by atoms with Crippen LogP contribution in [-0.2, 0) is 0 Å². The number of benzene rings is 9. The second-order valence-electron chi connectivity index (χ2n) is 13.7. The standard InChI is InChI=1S/C52H35NS/c1-4-13-36(14-5-1)38-23-25-39(26-24-38)41-29-33-44(34-30-41)53(43-31-27-40(28-32-43)37-15-6-2-7-16-37)49-35-48-51-45(42-17-8-3-9-18-42)21-12-22-50(51)54-52(48)47-20-11-10-19-46(47)49/h1-35H. The van der Waals surface area contributed by atoms with E-state index in [0.717, 1.165) is 17.1 Å². The Kier molecular flexibility index (Phi) is 8.09. The largest absolute Gasteiger partial charge is 0.310 e. The SMILES string of the molecule is c1ccc(-c2ccc(-c3ccc(N(c4ccc(-c5ccccc5)cc4)c4cc5c(sc6cccc(-c7ccccc7)c65)c5ccccc45)cc3)cc2)cc1. The van der Waals surface area contributed by atoms with Gasteiger partial charge in [0.25, 0.3) is 0 Å². The zero-order chi connectivity index (χ0) is 35.8. The van der Waals surface area contributed by atoms with Crippen LogP contribution in [0, 0.1) is 0 Å². The molecule has 0 fully saturated rings. The second-order valence-corrected chi connectivity index (χ2v) is 14.8. The van der Waals surface area contributed by atoms with Crippen LogP contribution in [0.25, 0.3) is 75.5 Å². The number of rotatable bonds is 7. The van der Waals surface area contributed by atoms with Crippen LogP contribution >= 0.6 is 11.3 Å². The van der Waals surface area contributed by atoms with Gasteiger partial charge in [0.15, 0.2) is 0 Å². The quantitative estimate of drug-likeness (QED) is 0.160. The van der Waals surface area contributed by atoms with E-state index < -0.39 is 0 Å². The molecule has 0 atom stereocenters. The third-order valence-electron chi connectivity index (χ3n) is 10.5. The van der Waals surface area contributed by atoms with Gasteiger partial charge in [0, 0.05) is 42.3 Å². The van der Waals surface area contributed by atoms with Gasteiger partial charge in [-0.05, 0) is 80.9 Å². The highest BCUT2D eigenvalue weighted by molar-refractivity contribution is 7.26. The Morgan fingerprint density at radius 2 is 0.741 bits per heavy atom. The molecule has 0 N–H and O–H groups in total. The molecule has 0 spiro atoms. The predicted molar refractivity (Wildman–Crippen MR) is 233 cm³/mol. The van der Waals surface area contributed by atoms with E-state index in [2.05, 4.69) is 217 Å². The molecule has 0 aliphatic rings. The molecule has 0 unspecified atom stereocenters. The first kappa shape index (κ1) is 32.0. The first-order valence-corrected chi connectivity index (χ1v) is 19.2. The van der Waals surface area contributed by atoms with Crippen LogP contribution in [0.4, 0.5) is 17.1 Å². The summed E-state index contributed by atoms with van der Waals surface area (Å²) in [4.78, 5) is 2.44. The van der Waals surface area contributed by atoms with Crippen molar-refractivity contribution in [1.29, 1.82) is 0 Å². The Hall–Kier alpha value is -6.74. The molecule has 0 amide bonds. The van der Waals surface area contributed by atoms with Crippen molar-refractivity contribution in [1.82, 2.24) is 0 Å². The molecule has 1 heterocycles. The molecule has 1 nitrogen and oxygen atoms in total. The Bertz CT molecular complexity index is 2880. The summed E-state index contributed by atoms with van der Waals surface area (Å²) in [6.07, 6.45) is 0. The highest BCUT2D eigenvalue weighted by Gasteiger charge is 2.21. The van der Waals surface area contributed by atoms with Gasteiger partial charge in [0.1, 0.15) is 0 Å². The van der Waals surface area contributed by atoms with Crippen molar-refractivity contribution < 1.29 is 0 Å². The summed E-state index contributed by atoms with van der Waals surface area (Å²) in [6.45, 7) is 0. The van der Waals surface area contributed by atoms with E-state index in [0.29, 0.717) is 0 Å². The maximum absolute atomic E-state index is 2.44. The molecule has 0 saturated carbocycles. The van der Waals surface area contributed by atoms with Gasteiger partial charge >= 0.3 is 0 Å². The molecular weight excluding hydrogens is 671 g/mol. The number of nitrogens with zero attached hydrogens (tertiary/aromatic N) is 1. The molecule has 0 radical (unpaired) electrons. The third-order valence-corrected chi connectivity index (χ3v) is 11.7. The van der Waals surface area contributed by atoms with Crippen LogP contribution in [0.15, 0.2) is 212 Å². The smallest absolute Gasteiger partial charge is 0.0547 e. The van der Waals surface area contributed by atoms with E-state index in [1.807, 2.05) is 11.3 Å². The van der Waals surface area contributed by atoms with Crippen molar-refractivity contribution in [3.8, 4) is 44.5 Å². The zero-order valence-corrected chi connectivity index (χ0v) is 30.4. The predicted octanol–water partition coefficient (Wildman–Crippen LogP) is 15.3. The molecule has 0 saturated heterocycles. The fourth-order valence-electron chi connectivity index (χ4n) is 7.82. The van der Waals surface area contributed by atoms with E-state index in [9.17, 15) is 0 Å². The molecule has 10 rings (SSSR count). The third kappa shape index (κ3) is 5.74. The number of fused-ring (bicyclic) bond motifs is 5. The van der Waals surface area contributed by atoms with Gasteiger partial charge in [-0.3, -0.25) is 0 Å². The summed E-state index contributed by atoms with van der Waals surface area (Å²) in [6, 6.07) is 77.0. The summed E-state index contributed by atoms with van der Waals surface area (Å²) in [5, 5.41) is 5.09. The van der Waals surface area contributed by atoms with Gasteiger partial charge in [-0.15, -0.1) is 11.3 Å². The van der Waals surface area contributed by atoms with Gasteiger partial charge in [-0.25, -0.2) is 0 Å². The van der Waals surface area contributed by atoms with Gasteiger partial charge in [-0.2, -0.15) is 0 Å². The minimum Gasteiger partial charge on any atom is -0.310 e. The van der Waals surface area contributed by atoms with E-state index in [1.165, 1.54) is 75.5 Å². The van der Waals surface area contributed by atoms with Gasteiger partial charge in [0.05, 0.1) is 5.69 Å². The van der Waals surface area contributed by atoms with E-state index >= 15 is 0 Å². The highest BCUT2D eigenvalue weighted by atomic mass is 32.1. The number of anilines is 3. The number of hydrogen-bond acceptors (Lipinski definition) is 2. The summed E-state index contributed by atoms with van der Waals surface area (Å²) >= 11 is 1.89. The fraction of sp³-hybridized carbons (Fsp3) is 0. The molecule has 254 valence electrons. The Morgan fingerprint density at radius 3 is 1.26 bits per heavy atom. The van der Waals surface area contributed by atoms with Gasteiger partial charge in [0.2, 0.25) is 0 Å². The molecular formula is C52H35NS. The molecule has 0 aliphatic heterocycles. The van der Waals surface area contributed by atoms with Crippen LogP contribution in [0.2, 0.25) is 0 Å². The van der Waals surface area contributed by atoms with Crippen molar-refractivity contribution in [2.45, 2.75) is 0 Å². The van der Waals surface area contributed by atoms with Gasteiger partial charge in [-0.1, -0.05) is 176 Å². The van der Waals surface area contributed by atoms with Gasteiger partial charge < -0.3 is 4.90 Å². The molecule has 54 heavy (non-hydrogen) atoms. The molecule has 0 bridgehead atoms. The topological polar surface area (TPSA) is 3.24 Å². The molecule has 1 aromatic heterocycles. The Labute approximate surface area is 319 Å². The lowest BCUT2D eigenvalue weighted by Crippen LogP contribution is -2.10. The first-order valence-electron chi connectivity index (χ1n) is 18.4. The summed E-state index contributed by atoms with van der Waals surface area (Å²) in [5.74, 6) is 0. The van der Waals surface area contributed by atoms with Crippen LogP contribution < -0.4 is 4.90 Å². The Balaban J connectivity index is 1.15. The molecule has 10 aromatic rings. The number of hydrogen-bond donors (Lipinski definition) is 0.